The zero-order valence-electron chi connectivity index (χ0n) is 19.3. The van der Waals surface area contributed by atoms with Crippen LogP contribution in [0.1, 0.15) is 31.1 Å². The fourth-order valence-corrected chi connectivity index (χ4v) is 5.25. The molecule has 0 saturated carbocycles. The molecule has 1 aromatic carbocycles. The highest BCUT2D eigenvalue weighted by Crippen LogP contribution is 2.49. The summed E-state index contributed by atoms with van der Waals surface area (Å²) in [6.07, 6.45) is 0. The summed E-state index contributed by atoms with van der Waals surface area (Å²) in [7, 11) is 5.06. The number of urea groups is 1. The summed E-state index contributed by atoms with van der Waals surface area (Å²) in [5.74, 6) is 0.563. The summed E-state index contributed by atoms with van der Waals surface area (Å²) in [5.41, 5.74) is 2.56. The molecule has 32 heavy (non-hydrogen) atoms. The van der Waals surface area contributed by atoms with Crippen molar-refractivity contribution < 1.29 is 24.2 Å². The van der Waals surface area contributed by atoms with Gasteiger partial charge in [0, 0.05) is 57.0 Å². The Kier molecular flexibility index (Phi) is 5.81. The fourth-order valence-electron chi connectivity index (χ4n) is 5.25. The van der Waals surface area contributed by atoms with Gasteiger partial charge in [0.05, 0.1) is 30.7 Å². The first-order valence-electron chi connectivity index (χ1n) is 10.9. The summed E-state index contributed by atoms with van der Waals surface area (Å²) < 4.78 is 12.6. The molecule has 3 amide bonds. The average Bonchev–Trinajstić information content (AvgIpc) is 3.03. The number of hydrogen-bond acceptors (Lipinski definition) is 5. The maximum absolute atomic E-state index is 13.0. The van der Waals surface area contributed by atoms with Gasteiger partial charge in [0.15, 0.2) is 0 Å². The van der Waals surface area contributed by atoms with Crippen molar-refractivity contribution in [3.63, 3.8) is 0 Å². The number of benzene rings is 1. The van der Waals surface area contributed by atoms with Crippen molar-refractivity contribution in [3.8, 4) is 5.75 Å². The molecule has 2 N–H and O–H groups in total. The molecule has 9 nitrogen and oxygen atoms in total. The number of hydrogen-bond donors (Lipinski definition) is 2. The van der Waals surface area contributed by atoms with E-state index in [-0.39, 0.29) is 31.2 Å². The number of ether oxygens (including phenoxy) is 2. The molecule has 0 unspecified atom stereocenters. The molecule has 2 aliphatic heterocycles. The molecule has 1 aromatic heterocycles. The van der Waals surface area contributed by atoms with Gasteiger partial charge in [-0.15, -0.1) is 0 Å². The monoisotopic (exact) mass is 444 g/mol. The molecular weight excluding hydrogens is 412 g/mol. The van der Waals surface area contributed by atoms with E-state index in [1.807, 2.05) is 43.7 Å². The van der Waals surface area contributed by atoms with Crippen molar-refractivity contribution >= 4 is 22.8 Å². The Hall–Kier alpha value is -2.78. The molecule has 2 aliphatic rings. The van der Waals surface area contributed by atoms with Crippen LogP contribution in [0.4, 0.5) is 4.79 Å². The molecule has 0 radical (unpaired) electrons. The van der Waals surface area contributed by atoms with Gasteiger partial charge in [-0.05, 0) is 31.5 Å². The fraction of sp³-hybridized carbons (Fsp3) is 0.565. The zero-order valence-corrected chi connectivity index (χ0v) is 19.3. The minimum Gasteiger partial charge on any atom is -0.497 e. The van der Waals surface area contributed by atoms with E-state index in [1.54, 1.807) is 16.9 Å². The molecule has 0 aliphatic carbocycles. The predicted molar refractivity (Wildman–Crippen MR) is 120 cm³/mol. The minimum atomic E-state index is -0.486. The molecule has 3 heterocycles. The van der Waals surface area contributed by atoms with Crippen LogP contribution in [-0.4, -0.2) is 84.5 Å². The number of aliphatic hydroxyl groups is 1. The van der Waals surface area contributed by atoms with Crippen molar-refractivity contribution in [1.29, 1.82) is 0 Å². The van der Waals surface area contributed by atoms with E-state index in [9.17, 15) is 14.7 Å². The molecule has 9 heteroatoms. The Morgan fingerprint density at radius 1 is 1.25 bits per heavy atom. The first-order chi connectivity index (χ1) is 15.3. The van der Waals surface area contributed by atoms with Crippen LogP contribution in [0.25, 0.3) is 10.9 Å². The number of methoxy groups -OCH3 is 2. The highest BCUT2D eigenvalue weighted by Gasteiger charge is 2.55. The number of rotatable bonds is 5. The maximum Gasteiger partial charge on any atom is 0.317 e. The second-order valence-electron chi connectivity index (χ2n) is 9.10. The molecular formula is C23H32N4O5. The SMILES string of the molecule is COCC(=O)N1CC2(CN(C(=O)NC(C)C)C2)c2c(n(C)c3cc(OC)ccc23)[C@@H]1CO. The number of carbonyl (C=O) groups is 2. The van der Waals surface area contributed by atoms with E-state index in [0.717, 1.165) is 27.9 Å². The second kappa shape index (κ2) is 8.29. The van der Waals surface area contributed by atoms with Crippen LogP contribution in [0.15, 0.2) is 18.2 Å². The quantitative estimate of drug-likeness (QED) is 0.727. The van der Waals surface area contributed by atoms with Crippen molar-refractivity contribution in [2.75, 3.05) is 47.1 Å². The van der Waals surface area contributed by atoms with Gasteiger partial charge in [-0.1, -0.05) is 0 Å². The lowest BCUT2D eigenvalue weighted by Gasteiger charge is -2.56. The van der Waals surface area contributed by atoms with Crippen molar-refractivity contribution in [1.82, 2.24) is 19.7 Å². The number of amides is 3. The van der Waals surface area contributed by atoms with Crippen LogP contribution in [0.2, 0.25) is 0 Å². The lowest BCUT2D eigenvalue weighted by Crippen LogP contribution is -2.69. The number of nitrogens with one attached hydrogen (secondary N) is 1. The number of nitrogens with zero attached hydrogens (tertiary/aromatic N) is 3. The van der Waals surface area contributed by atoms with Gasteiger partial charge in [0.25, 0.3) is 0 Å². The second-order valence-corrected chi connectivity index (χ2v) is 9.10. The molecule has 0 bridgehead atoms. The van der Waals surface area contributed by atoms with Crippen LogP contribution in [0, 0.1) is 0 Å². The number of aryl methyl sites for hydroxylation is 1. The van der Waals surface area contributed by atoms with Crippen LogP contribution in [0.3, 0.4) is 0 Å². The topological polar surface area (TPSA) is 96.3 Å². The Balaban J connectivity index is 1.84. The van der Waals surface area contributed by atoms with Gasteiger partial charge in [-0.25, -0.2) is 4.79 Å². The molecule has 4 rings (SSSR count). The third-order valence-corrected chi connectivity index (χ3v) is 6.60. The molecule has 174 valence electrons. The lowest BCUT2D eigenvalue weighted by molar-refractivity contribution is -0.142. The van der Waals surface area contributed by atoms with Crippen LogP contribution >= 0.6 is 0 Å². The van der Waals surface area contributed by atoms with E-state index in [2.05, 4.69) is 5.32 Å². The molecule has 2 aromatic rings. The van der Waals surface area contributed by atoms with Crippen LogP contribution < -0.4 is 10.1 Å². The van der Waals surface area contributed by atoms with E-state index >= 15 is 0 Å². The third kappa shape index (κ3) is 3.40. The smallest absolute Gasteiger partial charge is 0.317 e. The molecule has 1 spiro atoms. The van der Waals surface area contributed by atoms with Gasteiger partial charge < -0.3 is 34.3 Å². The minimum absolute atomic E-state index is 0.0459. The van der Waals surface area contributed by atoms with E-state index < -0.39 is 11.5 Å². The molecule has 1 saturated heterocycles. The van der Waals surface area contributed by atoms with Gasteiger partial charge in [0.1, 0.15) is 12.4 Å². The van der Waals surface area contributed by atoms with E-state index in [1.165, 1.54) is 7.11 Å². The van der Waals surface area contributed by atoms with Crippen molar-refractivity contribution in [2.45, 2.75) is 31.3 Å². The first-order valence-corrected chi connectivity index (χ1v) is 10.9. The van der Waals surface area contributed by atoms with Crippen molar-refractivity contribution in [3.05, 3.63) is 29.5 Å². The highest BCUT2D eigenvalue weighted by atomic mass is 16.5. The number of carbonyl (C=O) groups excluding carboxylic acids is 2. The Labute approximate surface area is 187 Å². The zero-order chi connectivity index (χ0) is 23.2. The predicted octanol–water partition coefficient (Wildman–Crippen LogP) is 1.38. The summed E-state index contributed by atoms with van der Waals surface area (Å²) in [6.45, 7) is 5.03. The standard InChI is InChI=1S/C23H32N4O5/c1-14(2)24-22(30)26-11-23(12-26)13-27(19(29)10-31-4)18(9-28)21-20(23)16-7-6-15(32-5)8-17(16)25(21)3/h6-8,14,18,28H,9-13H2,1-5H3,(H,24,30)/t18-/m0/s1. The summed E-state index contributed by atoms with van der Waals surface area (Å²) in [6, 6.07) is 5.39. The number of aromatic nitrogens is 1. The normalized spacial score (nSPS) is 19.3. The highest BCUT2D eigenvalue weighted by molar-refractivity contribution is 5.90. The van der Waals surface area contributed by atoms with Gasteiger partial charge in [-0.3, -0.25) is 4.79 Å². The van der Waals surface area contributed by atoms with Gasteiger partial charge >= 0.3 is 6.03 Å². The van der Waals surface area contributed by atoms with Crippen molar-refractivity contribution in [2.24, 2.45) is 7.05 Å². The molecule has 1 atom stereocenters. The van der Waals surface area contributed by atoms with Crippen LogP contribution in [-0.2, 0) is 22.0 Å². The number of likely N-dealkylation sites (tertiary alicyclic amines) is 1. The lowest BCUT2D eigenvalue weighted by atomic mass is 9.68. The van der Waals surface area contributed by atoms with E-state index in [0.29, 0.717) is 19.6 Å². The van der Waals surface area contributed by atoms with Gasteiger partial charge in [-0.2, -0.15) is 0 Å². The number of fused-ring (bicyclic) bond motifs is 4. The van der Waals surface area contributed by atoms with Gasteiger partial charge in [0.2, 0.25) is 5.91 Å². The van der Waals surface area contributed by atoms with Crippen LogP contribution in [0.5, 0.6) is 5.75 Å². The summed E-state index contributed by atoms with van der Waals surface area (Å²) in [4.78, 5) is 29.1. The third-order valence-electron chi connectivity index (χ3n) is 6.60. The first kappa shape index (κ1) is 22.4. The summed E-state index contributed by atoms with van der Waals surface area (Å²) in [5, 5.41) is 14.3. The van der Waals surface area contributed by atoms with E-state index in [4.69, 9.17) is 9.47 Å². The Morgan fingerprint density at radius 2 is 1.97 bits per heavy atom. The summed E-state index contributed by atoms with van der Waals surface area (Å²) >= 11 is 0. The Morgan fingerprint density at radius 3 is 2.56 bits per heavy atom. The number of aliphatic hydroxyl groups excluding tert-OH is 1. The average molecular weight is 445 g/mol. The largest absolute Gasteiger partial charge is 0.497 e. The maximum atomic E-state index is 13.0. The molecule has 1 fully saturated rings. The Bertz CT molecular complexity index is 1040.